The summed E-state index contributed by atoms with van der Waals surface area (Å²) in [7, 11) is 0. The highest BCUT2D eigenvalue weighted by Crippen LogP contribution is 2.16. The second kappa shape index (κ2) is 5.33. The molecule has 0 aliphatic rings. The summed E-state index contributed by atoms with van der Waals surface area (Å²) >= 11 is 3.38. The molecule has 1 atom stereocenters. The van der Waals surface area contributed by atoms with Crippen LogP contribution in [0.4, 0.5) is 0 Å². The summed E-state index contributed by atoms with van der Waals surface area (Å²) in [6.45, 7) is 4.94. The normalized spacial score (nSPS) is 12.6. The van der Waals surface area contributed by atoms with Crippen LogP contribution in [0.15, 0.2) is 22.9 Å². The van der Waals surface area contributed by atoms with E-state index >= 15 is 0 Å². The first kappa shape index (κ1) is 12.1. The van der Waals surface area contributed by atoms with Crippen LogP contribution < -0.4 is 5.32 Å². The minimum Gasteiger partial charge on any atom is -0.308 e. The largest absolute Gasteiger partial charge is 0.308 e. The monoisotopic (exact) mass is 296 g/mol. The Bertz CT molecular complexity index is 497. The Morgan fingerprint density at radius 2 is 2.29 bits per heavy atom. The zero-order chi connectivity index (χ0) is 12.3. The zero-order valence-corrected chi connectivity index (χ0v) is 11.2. The highest BCUT2D eigenvalue weighted by atomic mass is 79.9. The first-order chi connectivity index (χ1) is 8.22. The maximum Gasteiger partial charge on any atom is 0.173 e. The molecule has 17 heavy (non-hydrogen) atoms. The van der Waals surface area contributed by atoms with Gasteiger partial charge >= 0.3 is 0 Å². The maximum atomic E-state index is 4.10. The van der Waals surface area contributed by atoms with Crippen LogP contribution in [0.1, 0.15) is 25.7 Å². The standard InChI is InChI=1S/C10H13BrN6/c1-3-13-7(2)10-14-15-16-17(10)9-4-8(11)5-12-6-9/h4-7,13H,3H2,1-2H3. The fourth-order valence-electron chi connectivity index (χ4n) is 1.56. The molecular formula is C10H13BrN6. The van der Waals surface area contributed by atoms with Crippen molar-refractivity contribution in [3.63, 3.8) is 0 Å². The number of hydrogen-bond donors (Lipinski definition) is 1. The van der Waals surface area contributed by atoms with Crippen molar-refractivity contribution in [2.24, 2.45) is 0 Å². The van der Waals surface area contributed by atoms with Gasteiger partial charge in [-0.15, -0.1) is 5.10 Å². The van der Waals surface area contributed by atoms with E-state index in [4.69, 9.17) is 0 Å². The van der Waals surface area contributed by atoms with E-state index in [-0.39, 0.29) is 6.04 Å². The molecule has 0 saturated heterocycles. The van der Waals surface area contributed by atoms with Crippen LogP contribution in [0.25, 0.3) is 5.69 Å². The molecule has 0 aliphatic carbocycles. The Hall–Kier alpha value is -1.34. The lowest BCUT2D eigenvalue weighted by Gasteiger charge is -2.11. The highest BCUT2D eigenvalue weighted by Gasteiger charge is 2.14. The summed E-state index contributed by atoms with van der Waals surface area (Å²) in [5.74, 6) is 0.770. The van der Waals surface area contributed by atoms with Gasteiger partial charge in [0.1, 0.15) is 0 Å². The predicted octanol–water partition coefficient (Wildman–Crippen LogP) is 1.49. The smallest absolute Gasteiger partial charge is 0.173 e. The number of hydrogen-bond acceptors (Lipinski definition) is 5. The molecule has 7 heteroatoms. The van der Waals surface area contributed by atoms with Gasteiger partial charge < -0.3 is 5.32 Å². The molecule has 2 aromatic rings. The first-order valence-corrected chi connectivity index (χ1v) is 6.14. The highest BCUT2D eigenvalue weighted by molar-refractivity contribution is 9.10. The molecule has 2 heterocycles. The van der Waals surface area contributed by atoms with Crippen LogP contribution in [-0.2, 0) is 0 Å². The van der Waals surface area contributed by atoms with Crippen LogP contribution in [0.3, 0.4) is 0 Å². The third-order valence-electron chi connectivity index (χ3n) is 2.33. The van der Waals surface area contributed by atoms with E-state index in [1.54, 1.807) is 17.1 Å². The number of aromatic nitrogens is 5. The van der Waals surface area contributed by atoms with Crippen LogP contribution >= 0.6 is 15.9 Å². The fourth-order valence-corrected chi connectivity index (χ4v) is 1.91. The molecule has 6 nitrogen and oxygen atoms in total. The third-order valence-corrected chi connectivity index (χ3v) is 2.76. The minimum atomic E-state index is 0.0916. The Kier molecular flexibility index (Phi) is 3.80. The molecule has 0 aliphatic heterocycles. The molecule has 0 aromatic carbocycles. The Balaban J connectivity index is 2.36. The molecule has 1 unspecified atom stereocenters. The van der Waals surface area contributed by atoms with Crippen molar-refractivity contribution in [2.75, 3.05) is 6.54 Å². The quantitative estimate of drug-likeness (QED) is 0.926. The molecule has 0 saturated carbocycles. The van der Waals surface area contributed by atoms with Crippen LogP contribution in [0, 0.1) is 0 Å². The number of pyridine rings is 1. The number of nitrogens with zero attached hydrogens (tertiary/aromatic N) is 5. The summed E-state index contributed by atoms with van der Waals surface area (Å²) in [6, 6.07) is 2.01. The lowest BCUT2D eigenvalue weighted by molar-refractivity contribution is 0.550. The summed E-state index contributed by atoms with van der Waals surface area (Å²) < 4.78 is 2.58. The van der Waals surface area contributed by atoms with E-state index in [0.717, 1.165) is 22.5 Å². The molecule has 0 bridgehead atoms. The molecule has 0 amide bonds. The van der Waals surface area contributed by atoms with Gasteiger partial charge in [-0.05, 0) is 45.9 Å². The lowest BCUT2D eigenvalue weighted by Crippen LogP contribution is -2.21. The van der Waals surface area contributed by atoms with Gasteiger partial charge in [-0.1, -0.05) is 6.92 Å². The molecule has 0 fully saturated rings. The maximum absolute atomic E-state index is 4.10. The molecule has 0 radical (unpaired) electrons. The van der Waals surface area contributed by atoms with E-state index in [1.165, 1.54) is 0 Å². The van der Waals surface area contributed by atoms with Gasteiger partial charge in [0.05, 0.1) is 17.9 Å². The molecule has 0 spiro atoms. The number of halogens is 1. The molecular weight excluding hydrogens is 284 g/mol. The van der Waals surface area contributed by atoms with Gasteiger partial charge in [-0.3, -0.25) is 4.98 Å². The van der Waals surface area contributed by atoms with Crippen LogP contribution in [0.2, 0.25) is 0 Å². The van der Waals surface area contributed by atoms with Crippen LogP contribution in [-0.4, -0.2) is 31.7 Å². The Morgan fingerprint density at radius 3 is 3.00 bits per heavy atom. The number of nitrogens with one attached hydrogen (secondary N) is 1. The fraction of sp³-hybridized carbons (Fsp3) is 0.400. The summed E-state index contributed by atoms with van der Waals surface area (Å²) in [5.41, 5.74) is 0.837. The Labute approximate surface area is 108 Å². The minimum absolute atomic E-state index is 0.0916. The lowest BCUT2D eigenvalue weighted by atomic mass is 10.3. The average Bonchev–Trinajstić information content (AvgIpc) is 2.78. The van der Waals surface area contributed by atoms with E-state index in [9.17, 15) is 0 Å². The van der Waals surface area contributed by atoms with Crippen molar-refractivity contribution in [1.29, 1.82) is 0 Å². The number of tetrazole rings is 1. The average molecular weight is 297 g/mol. The molecule has 90 valence electrons. The topological polar surface area (TPSA) is 68.5 Å². The van der Waals surface area contributed by atoms with E-state index in [0.29, 0.717) is 0 Å². The van der Waals surface area contributed by atoms with E-state index in [1.807, 2.05) is 19.9 Å². The van der Waals surface area contributed by atoms with E-state index < -0.39 is 0 Å². The van der Waals surface area contributed by atoms with Crippen molar-refractivity contribution in [3.05, 3.63) is 28.8 Å². The number of rotatable bonds is 4. The van der Waals surface area contributed by atoms with E-state index in [2.05, 4.69) is 41.8 Å². The van der Waals surface area contributed by atoms with Crippen molar-refractivity contribution >= 4 is 15.9 Å². The van der Waals surface area contributed by atoms with Gasteiger partial charge in [-0.2, -0.15) is 4.68 Å². The second-order valence-electron chi connectivity index (χ2n) is 3.59. The molecule has 1 N–H and O–H groups in total. The molecule has 2 rings (SSSR count). The second-order valence-corrected chi connectivity index (χ2v) is 4.51. The van der Waals surface area contributed by atoms with Gasteiger partial charge in [0.15, 0.2) is 5.82 Å². The van der Waals surface area contributed by atoms with Gasteiger partial charge in [0, 0.05) is 10.7 Å². The zero-order valence-electron chi connectivity index (χ0n) is 9.63. The van der Waals surface area contributed by atoms with Gasteiger partial charge in [0.25, 0.3) is 0 Å². The predicted molar refractivity (Wildman–Crippen MR) is 66.7 cm³/mol. The SMILES string of the molecule is CCNC(C)c1nnnn1-c1cncc(Br)c1. The molecule has 2 aromatic heterocycles. The van der Waals surface area contributed by atoms with Crippen molar-refractivity contribution in [2.45, 2.75) is 19.9 Å². The van der Waals surface area contributed by atoms with Gasteiger partial charge in [0.2, 0.25) is 0 Å². The Morgan fingerprint density at radius 1 is 1.47 bits per heavy atom. The third kappa shape index (κ3) is 2.67. The summed E-state index contributed by atoms with van der Waals surface area (Å²) in [6.07, 6.45) is 3.45. The van der Waals surface area contributed by atoms with Crippen molar-refractivity contribution in [3.8, 4) is 5.69 Å². The summed E-state index contributed by atoms with van der Waals surface area (Å²) in [5, 5.41) is 15.0. The first-order valence-electron chi connectivity index (χ1n) is 5.35. The van der Waals surface area contributed by atoms with Crippen LogP contribution in [0.5, 0.6) is 0 Å². The van der Waals surface area contributed by atoms with Gasteiger partial charge in [-0.25, -0.2) is 0 Å². The van der Waals surface area contributed by atoms with Crippen molar-refractivity contribution < 1.29 is 0 Å². The summed E-state index contributed by atoms with van der Waals surface area (Å²) in [4.78, 5) is 4.10. The van der Waals surface area contributed by atoms with Crippen molar-refractivity contribution in [1.82, 2.24) is 30.5 Å².